The second kappa shape index (κ2) is 6.82. The molecule has 0 aliphatic carbocycles. The van der Waals surface area contributed by atoms with Gasteiger partial charge >= 0.3 is 0 Å². The van der Waals surface area contributed by atoms with Gasteiger partial charge in [0.15, 0.2) is 0 Å². The summed E-state index contributed by atoms with van der Waals surface area (Å²) in [5, 5.41) is 5.61. The highest BCUT2D eigenvalue weighted by molar-refractivity contribution is 9.10. The second-order valence-corrected chi connectivity index (χ2v) is 3.95. The van der Waals surface area contributed by atoms with Crippen molar-refractivity contribution >= 4 is 39.9 Å². The highest BCUT2D eigenvalue weighted by atomic mass is 79.9. The van der Waals surface area contributed by atoms with Crippen LogP contribution in [-0.4, -0.2) is 19.5 Å². The third-order valence-corrected chi connectivity index (χ3v) is 2.29. The van der Waals surface area contributed by atoms with E-state index in [4.69, 9.17) is 0 Å². The number of hydrogen-bond acceptors (Lipinski definition) is 2. The van der Waals surface area contributed by atoms with Crippen LogP contribution in [0.2, 0.25) is 0 Å². The Morgan fingerprint density at radius 3 is 2.67 bits per heavy atom. The zero-order chi connectivity index (χ0) is 10.6. The van der Waals surface area contributed by atoms with Gasteiger partial charge in [0.2, 0.25) is 5.91 Å². The Labute approximate surface area is 104 Å². The number of halogens is 2. The standard InChI is InChI=1S/C10H13BrN2O.ClH/c1-7-5-8(11)3-4-9(7)13-10(14)6-12-2;/h3-5,12H,6H2,1-2H3,(H,13,14);1H. The van der Waals surface area contributed by atoms with Crippen LogP contribution in [0.5, 0.6) is 0 Å². The maximum absolute atomic E-state index is 11.3. The van der Waals surface area contributed by atoms with Gasteiger partial charge in [0.25, 0.3) is 0 Å². The van der Waals surface area contributed by atoms with E-state index in [1.165, 1.54) is 0 Å². The molecule has 5 heteroatoms. The topological polar surface area (TPSA) is 41.1 Å². The first-order chi connectivity index (χ1) is 6.63. The fourth-order valence-electron chi connectivity index (χ4n) is 1.12. The van der Waals surface area contributed by atoms with Crippen LogP contribution >= 0.6 is 28.3 Å². The first kappa shape index (κ1) is 14.4. The van der Waals surface area contributed by atoms with Gasteiger partial charge in [-0.25, -0.2) is 0 Å². The van der Waals surface area contributed by atoms with Crippen LogP contribution in [0.3, 0.4) is 0 Å². The number of amides is 1. The normalized spacial score (nSPS) is 9.27. The van der Waals surface area contributed by atoms with Crippen LogP contribution < -0.4 is 10.6 Å². The van der Waals surface area contributed by atoms with Crippen molar-refractivity contribution in [1.82, 2.24) is 5.32 Å². The molecule has 0 heterocycles. The number of benzene rings is 1. The smallest absolute Gasteiger partial charge is 0.238 e. The van der Waals surface area contributed by atoms with Gasteiger partial charge in [-0.3, -0.25) is 4.79 Å². The first-order valence-electron chi connectivity index (χ1n) is 4.34. The highest BCUT2D eigenvalue weighted by Gasteiger charge is 2.03. The molecular weight excluding hydrogens is 279 g/mol. The molecule has 84 valence electrons. The molecule has 3 nitrogen and oxygen atoms in total. The molecular formula is C10H14BrClN2O. The number of nitrogens with one attached hydrogen (secondary N) is 2. The summed E-state index contributed by atoms with van der Waals surface area (Å²) in [6.45, 7) is 2.29. The molecule has 0 saturated heterocycles. The molecule has 0 atom stereocenters. The van der Waals surface area contributed by atoms with E-state index in [-0.39, 0.29) is 18.3 Å². The molecule has 15 heavy (non-hydrogen) atoms. The summed E-state index contributed by atoms with van der Waals surface area (Å²) in [5.74, 6) is -0.0297. The van der Waals surface area contributed by atoms with E-state index in [1.807, 2.05) is 25.1 Å². The molecule has 0 fully saturated rings. The molecule has 1 aromatic rings. The molecule has 2 N–H and O–H groups in total. The van der Waals surface area contributed by atoms with Crippen molar-refractivity contribution in [1.29, 1.82) is 0 Å². The summed E-state index contributed by atoms with van der Waals surface area (Å²) < 4.78 is 1.02. The number of carbonyl (C=O) groups is 1. The summed E-state index contributed by atoms with van der Waals surface area (Å²) in [7, 11) is 1.74. The summed E-state index contributed by atoms with van der Waals surface area (Å²) in [5.41, 5.74) is 1.90. The molecule has 0 radical (unpaired) electrons. The van der Waals surface area contributed by atoms with E-state index in [2.05, 4.69) is 26.6 Å². The Kier molecular flexibility index (Phi) is 6.56. The third kappa shape index (κ3) is 4.64. The van der Waals surface area contributed by atoms with Gasteiger partial charge in [0, 0.05) is 10.2 Å². The number of aryl methyl sites for hydroxylation is 1. The van der Waals surface area contributed by atoms with Crippen molar-refractivity contribution in [2.75, 3.05) is 18.9 Å². The van der Waals surface area contributed by atoms with Gasteiger partial charge < -0.3 is 10.6 Å². The SMILES string of the molecule is CNCC(=O)Nc1ccc(Br)cc1C.Cl. The number of rotatable bonds is 3. The Hall–Kier alpha value is -0.580. The Balaban J connectivity index is 0.00000196. The molecule has 0 unspecified atom stereocenters. The van der Waals surface area contributed by atoms with Crippen molar-refractivity contribution in [3.63, 3.8) is 0 Å². The fraction of sp³-hybridized carbons (Fsp3) is 0.300. The van der Waals surface area contributed by atoms with Crippen LogP contribution in [0.15, 0.2) is 22.7 Å². The van der Waals surface area contributed by atoms with Crippen LogP contribution in [-0.2, 0) is 4.79 Å². The minimum atomic E-state index is -0.0297. The third-order valence-electron chi connectivity index (χ3n) is 1.80. The van der Waals surface area contributed by atoms with Crippen LogP contribution in [0.4, 0.5) is 5.69 Å². The van der Waals surface area contributed by atoms with Crippen LogP contribution in [0.1, 0.15) is 5.56 Å². The van der Waals surface area contributed by atoms with Crippen LogP contribution in [0, 0.1) is 6.92 Å². The Morgan fingerprint density at radius 2 is 2.13 bits per heavy atom. The highest BCUT2D eigenvalue weighted by Crippen LogP contribution is 2.19. The maximum Gasteiger partial charge on any atom is 0.238 e. The lowest BCUT2D eigenvalue weighted by atomic mass is 10.2. The molecule has 0 aliphatic heterocycles. The molecule has 0 saturated carbocycles. The van der Waals surface area contributed by atoms with E-state index in [0.29, 0.717) is 6.54 Å². The minimum Gasteiger partial charge on any atom is -0.325 e. The number of likely N-dealkylation sites (N-methyl/N-ethyl adjacent to an activating group) is 1. The average molecular weight is 294 g/mol. The number of carbonyl (C=O) groups excluding carboxylic acids is 1. The Morgan fingerprint density at radius 1 is 1.47 bits per heavy atom. The summed E-state index contributed by atoms with van der Waals surface area (Å²) >= 11 is 3.37. The van der Waals surface area contributed by atoms with Gasteiger partial charge in [0.05, 0.1) is 6.54 Å². The van der Waals surface area contributed by atoms with Gasteiger partial charge in [-0.2, -0.15) is 0 Å². The van der Waals surface area contributed by atoms with E-state index >= 15 is 0 Å². The largest absolute Gasteiger partial charge is 0.325 e. The van der Waals surface area contributed by atoms with Crippen LogP contribution in [0.25, 0.3) is 0 Å². The summed E-state index contributed by atoms with van der Waals surface area (Å²) in [6.07, 6.45) is 0. The van der Waals surface area contributed by atoms with Crippen molar-refractivity contribution in [3.05, 3.63) is 28.2 Å². The second-order valence-electron chi connectivity index (χ2n) is 3.04. The lowest BCUT2D eigenvalue weighted by molar-refractivity contribution is -0.115. The molecule has 0 bridgehead atoms. The van der Waals surface area contributed by atoms with Gasteiger partial charge in [-0.05, 0) is 37.7 Å². The zero-order valence-electron chi connectivity index (χ0n) is 8.63. The van der Waals surface area contributed by atoms with Crippen molar-refractivity contribution in [3.8, 4) is 0 Å². The molecule has 1 amide bonds. The minimum absolute atomic E-state index is 0. The lowest BCUT2D eigenvalue weighted by Crippen LogP contribution is -2.25. The maximum atomic E-state index is 11.3. The van der Waals surface area contributed by atoms with Crippen molar-refractivity contribution < 1.29 is 4.79 Å². The lowest BCUT2D eigenvalue weighted by Gasteiger charge is -2.08. The summed E-state index contributed by atoms with van der Waals surface area (Å²) in [4.78, 5) is 11.3. The quantitative estimate of drug-likeness (QED) is 0.898. The molecule has 0 spiro atoms. The number of anilines is 1. The van der Waals surface area contributed by atoms with E-state index in [0.717, 1.165) is 15.7 Å². The monoisotopic (exact) mass is 292 g/mol. The summed E-state index contributed by atoms with van der Waals surface area (Å²) in [6, 6.07) is 5.75. The van der Waals surface area contributed by atoms with E-state index in [9.17, 15) is 4.79 Å². The van der Waals surface area contributed by atoms with Gasteiger partial charge in [0.1, 0.15) is 0 Å². The molecule has 0 aromatic heterocycles. The molecule has 1 aromatic carbocycles. The van der Waals surface area contributed by atoms with E-state index < -0.39 is 0 Å². The fourth-order valence-corrected chi connectivity index (χ4v) is 1.60. The van der Waals surface area contributed by atoms with E-state index in [1.54, 1.807) is 7.05 Å². The van der Waals surface area contributed by atoms with Gasteiger partial charge in [-0.15, -0.1) is 12.4 Å². The Bertz CT molecular complexity index is 344. The molecule has 1 rings (SSSR count). The first-order valence-corrected chi connectivity index (χ1v) is 5.13. The molecule has 0 aliphatic rings. The van der Waals surface area contributed by atoms with Crippen molar-refractivity contribution in [2.45, 2.75) is 6.92 Å². The van der Waals surface area contributed by atoms with Gasteiger partial charge in [-0.1, -0.05) is 15.9 Å². The number of hydrogen-bond donors (Lipinski definition) is 2. The van der Waals surface area contributed by atoms with Crippen molar-refractivity contribution in [2.24, 2.45) is 0 Å². The average Bonchev–Trinajstić information content (AvgIpc) is 2.10. The zero-order valence-corrected chi connectivity index (χ0v) is 11.0. The predicted octanol–water partition coefficient (Wildman–Crippen LogP) is 2.34. The predicted molar refractivity (Wildman–Crippen MR) is 68.7 cm³/mol.